The van der Waals surface area contributed by atoms with Crippen LogP contribution < -0.4 is 5.32 Å². The third-order valence-corrected chi connectivity index (χ3v) is 5.54. The van der Waals surface area contributed by atoms with Gasteiger partial charge in [-0.15, -0.1) is 11.3 Å². The van der Waals surface area contributed by atoms with Crippen LogP contribution >= 0.6 is 11.3 Å². The lowest BCUT2D eigenvalue weighted by atomic mass is 10.1. The Morgan fingerprint density at radius 1 is 0.958 bits per heavy atom. The summed E-state index contributed by atoms with van der Waals surface area (Å²) in [5.41, 5.74) is 2.08. The summed E-state index contributed by atoms with van der Waals surface area (Å²) in [4.78, 5) is 13.7. The molecule has 6 heteroatoms. The number of hydrogen-bond donors (Lipinski definition) is 1. The van der Waals surface area contributed by atoms with E-state index in [0.29, 0.717) is 5.56 Å². The fourth-order valence-corrected chi connectivity index (χ4v) is 3.68. The van der Waals surface area contributed by atoms with Gasteiger partial charge in [-0.25, -0.2) is 8.42 Å². The molecular formula is C18H15NO3S2. The molecule has 3 rings (SSSR count). The number of sulfone groups is 1. The highest BCUT2D eigenvalue weighted by Crippen LogP contribution is 2.31. The lowest BCUT2D eigenvalue weighted by Crippen LogP contribution is -2.12. The van der Waals surface area contributed by atoms with Crippen LogP contribution in [0.4, 0.5) is 5.69 Å². The molecule has 0 aliphatic carbocycles. The van der Waals surface area contributed by atoms with Gasteiger partial charge in [0.05, 0.1) is 4.90 Å². The minimum absolute atomic E-state index is 0.193. The van der Waals surface area contributed by atoms with Gasteiger partial charge in [0.2, 0.25) is 0 Å². The lowest BCUT2D eigenvalue weighted by molar-refractivity contribution is 0.102. The van der Waals surface area contributed by atoms with Crippen LogP contribution in [0.1, 0.15) is 10.4 Å². The normalized spacial score (nSPS) is 11.2. The van der Waals surface area contributed by atoms with Gasteiger partial charge in [0.1, 0.15) is 0 Å². The van der Waals surface area contributed by atoms with E-state index in [1.807, 2.05) is 41.8 Å². The Morgan fingerprint density at radius 2 is 1.67 bits per heavy atom. The first-order valence-corrected chi connectivity index (χ1v) is 9.96. The van der Waals surface area contributed by atoms with Gasteiger partial charge < -0.3 is 5.32 Å². The number of carbonyl (C=O) groups is 1. The molecule has 1 heterocycles. The monoisotopic (exact) mass is 357 g/mol. The van der Waals surface area contributed by atoms with E-state index in [9.17, 15) is 13.2 Å². The number of rotatable bonds is 4. The van der Waals surface area contributed by atoms with E-state index >= 15 is 0 Å². The molecule has 0 aliphatic rings. The molecule has 0 saturated carbocycles. The average molecular weight is 357 g/mol. The number of amides is 1. The van der Waals surface area contributed by atoms with Crippen molar-refractivity contribution in [3.05, 3.63) is 71.6 Å². The molecule has 2 aromatic carbocycles. The zero-order chi connectivity index (χ0) is 17.2. The summed E-state index contributed by atoms with van der Waals surface area (Å²) < 4.78 is 23.0. The largest absolute Gasteiger partial charge is 0.321 e. The van der Waals surface area contributed by atoms with E-state index in [4.69, 9.17) is 0 Å². The molecule has 0 bridgehead atoms. The third kappa shape index (κ3) is 3.55. The fraction of sp³-hybridized carbons (Fsp3) is 0.0556. The maximum Gasteiger partial charge on any atom is 0.255 e. The number of para-hydroxylation sites is 1. The maximum absolute atomic E-state index is 12.4. The molecule has 0 aliphatic heterocycles. The van der Waals surface area contributed by atoms with E-state index < -0.39 is 9.84 Å². The van der Waals surface area contributed by atoms with Gasteiger partial charge in [-0.05, 0) is 41.8 Å². The number of hydrogen-bond acceptors (Lipinski definition) is 4. The molecule has 0 atom stereocenters. The molecule has 3 aromatic rings. The number of thiophene rings is 1. The van der Waals surface area contributed by atoms with E-state index in [-0.39, 0.29) is 10.8 Å². The van der Waals surface area contributed by atoms with E-state index in [1.54, 1.807) is 11.3 Å². The molecule has 1 amide bonds. The molecule has 0 spiro atoms. The molecule has 0 radical (unpaired) electrons. The highest BCUT2D eigenvalue weighted by atomic mass is 32.2. The molecule has 1 aromatic heterocycles. The Bertz CT molecular complexity index is 960. The fourth-order valence-electron chi connectivity index (χ4n) is 2.29. The van der Waals surface area contributed by atoms with Crippen molar-refractivity contribution in [2.24, 2.45) is 0 Å². The van der Waals surface area contributed by atoms with Crippen LogP contribution in [0.25, 0.3) is 10.4 Å². The number of benzene rings is 2. The summed E-state index contributed by atoms with van der Waals surface area (Å²) in [5.74, 6) is -0.279. The molecule has 4 nitrogen and oxygen atoms in total. The van der Waals surface area contributed by atoms with E-state index in [1.165, 1.54) is 24.3 Å². The van der Waals surface area contributed by atoms with E-state index in [2.05, 4.69) is 5.32 Å². The quantitative estimate of drug-likeness (QED) is 0.765. The van der Waals surface area contributed by atoms with Crippen molar-refractivity contribution in [2.45, 2.75) is 4.90 Å². The van der Waals surface area contributed by atoms with Gasteiger partial charge in [0.15, 0.2) is 9.84 Å². The molecule has 24 heavy (non-hydrogen) atoms. The summed E-state index contributed by atoms with van der Waals surface area (Å²) >= 11 is 1.60. The zero-order valence-electron chi connectivity index (χ0n) is 12.9. The van der Waals surface area contributed by atoms with Crippen LogP contribution in [0, 0.1) is 0 Å². The summed E-state index contributed by atoms with van der Waals surface area (Å²) in [7, 11) is -3.27. The SMILES string of the molecule is CS(=O)(=O)c1ccc(C(=O)Nc2ccccc2-c2cccs2)cc1. The van der Waals surface area contributed by atoms with Crippen molar-refractivity contribution in [1.29, 1.82) is 0 Å². The topological polar surface area (TPSA) is 63.2 Å². The van der Waals surface area contributed by atoms with Crippen LogP contribution in [0.15, 0.2) is 70.9 Å². The highest BCUT2D eigenvalue weighted by Gasteiger charge is 2.12. The van der Waals surface area contributed by atoms with Gasteiger partial charge in [-0.1, -0.05) is 24.3 Å². The van der Waals surface area contributed by atoms with Crippen molar-refractivity contribution in [1.82, 2.24) is 0 Å². The smallest absolute Gasteiger partial charge is 0.255 e. The minimum Gasteiger partial charge on any atom is -0.321 e. The Labute approximate surface area is 144 Å². The number of carbonyl (C=O) groups excluding carboxylic acids is 1. The number of nitrogens with one attached hydrogen (secondary N) is 1. The zero-order valence-corrected chi connectivity index (χ0v) is 14.5. The summed E-state index contributed by atoms with van der Waals surface area (Å²) in [5, 5.41) is 4.88. The summed E-state index contributed by atoms with van der Waals surface area (Å²) in [6.45, 7) is 0. The summed E-state index contributed by atoms with van der Waals surface area (Å²) in [6, 6.07) is 17.4. The van der Waals surface area contributed by atoms with Crippen molar-refractivity contribution in [3.8, 4) is 10.4 Å². The van der Waals surface area contributed by atoms with Gasteiger partial charge in [0.25, 0.3) is 5.91 Å². The maximum atomic E-state index is 12.4. The minimum atomic E-state index is -3.27. The van der Waals surface area contributed by atoms with Gasteiger partial charge in [0, 0.05) is 27.9 Å². The van der Waals surface area contributed by atoms with Crippen LogP contribution in [0.5, 0.6) is 0 Å². The van der Waals surface area contributed by atoms with Crippen LogP contribution in [0.3, 0.4) is 0 Å². The third-order valence-electron chi connectivity index (χ3n) is 3.51. The first kappa shape index (κ1) is 16.4. The predicted molar refractivity (Wildman–Crippen MR) is 97.3 cm³/mol. The first-order valence-electron chi connectivity index (χ1n) is 7.19. The number of anilines is 1. The molecule has 0 unspecified atom stereocenters. The van der Waals surface area contributed by atoms with Crippen LogP contribution in [0.2, 0.25) is 0 Å². The second kappa shape index (κ2) is 6.59. The van der Waals surface area contributed by atoms with Gasteiger partial charge in [-0.3, -0.25) is 4.79 Å². The molecule has 1 N–H and O–H groups in total. The first-order chi connectivity index (χ1) is 11.4. The van der Waals surface area contributed by atoms with Gasteiger partial charge >= 0.3 is 0 Å². The molecular weight excluding hydrogens is 342 g/mol. The highest BCUT2D eigenvalue weighted by molar-refractivity contribution is 7.90. The second-order valence-corrected chi connectivity index (χ2v) is 8.24. The second-order valence-electron chi connectivity index (χ2n) is 5.27. The van der Waals surface area contributed by atoms with Gasteiger partial charge in [-0.2, -0.15) is 0 Å². The van der Waals surface area contributed by atoms with Crippen molar-refractivity contribution in [2.75, 3.05) is 11.6 Å². The molecule has 0 saturated heterocycles. The Hall–Kier alpha value is -2.44. The van der Waals surface area contributed by atoms with Crippen molar-refractivity contribution >= 4 is 32.8 Å². The standard InChI is InChI=1S/C18H15NO3S2/c1-24(21,22)14-10-8-13(9-11-14)18(20)19-16-6-3-2-5-15(16)17-7-4-12-23-17/h2-12H,1H3,(H,19,20). The van der Waals surface area contributed by atoms with E-state index in [0.717, 1.165) is 22.4 Å². The molecule has 0 fully saturated rings. The molecule has 122 valence electrons. The lowest BCUT2D eigenvalue weighted by Gasteiger charge is -2.10. The van der Waals surface area contributed by atoms with Crippen molar-refractivity contribution in [3.63, 3.8) is 0 Å². The van der Waals surface area contributed by atoms with Crippen LogP contribution in [-0.4, -0.2) is 20.6 Å². The Kier molecular flexibility index (Phi) is 4.51. The van der Waals surface area contributed by atoms with Crippen LogP contribution in [-0.2, 0) is 9.84 Å². The summed E-state index contributed by atoms with van der Waals surface area (Å²) in [6.07, 6.45) is 1.14. The average Bonchev–Trinajstić information content (AvgIpc) is 3.09. The Morgan fingerprint density at radius 3 is 2.29 bits per heavy atom. The Balaban J connectivity index is 1.86. The van der Waals surface area contributed by atoms with Crippen molar-refractivity contribution < 1.29 is 13.2 Å². The predicted octanol–water partition coefficient (Wildman–Crippen LogP) is 4.07.